The molecule has 3 aromatic rings. The summed E-state index contributed by atoms with van der Waals surface area (Å²) in [5, 5.41) is 4.17. The molecule has 0 unspecified atom stereocenters. The van der Waals surface area contributed by atoms with Crippen LogP contribution in [0.5, 0.6) is 5.75 Å². The fraction of sp³-hybridized carbons (Fsp3) is 0.0625. The molecule has 0 amide bonds. The van der Waals surface area contributed by atoms with Crippen LogP contribution in [0.15, 0.2) is 60.8 Å². The molecule has 100 valence electrons. The van der Waals surface area contributed by atoms with Crippen molar-refractivity contribution in [2.24, 2.45) is 0 Å². The van der Waals surface area contributed by atoms with Crippen LogP contribution < -0.4 is 10.1 Å². The lowest BCUT2D eigenvalue weighted by atomic mass is 10.2. The van der Waals surface area contributed by atoms with Crippen molar-refractivity contribution in [3.05, 3.63) is 60.8 Å². The van der Waals surface area contributed by atoms with Gasteiger partial charge >= 0.3 is 0 Å². The minimum atomic E-state index is 0.829. The Labute approximate surface area is 121 Å². The Kier molecular flexibility index (Phi) is 3.65. The van der Waals surface area contributed by atoms with E-state index in [-0.39, 0.29) is 0 Å². The van der Waals surface area contributed by atoms with E-state index in [0.29, 0.717) is 0 Å². The first-order chi connectivity index (χ1) is 9.85. The Bertz CT molecular complexity index is 694. The van der Waals surface area contributed by atoms with Gasteiger partial charge in [-0.1, -0.05) is 47.7 Å². The van der Waals surface area contributed by atoms with Gasteiger partial charge in [0.25, 0.3) is 0 Å². The Hall–Kier alpha value is -2.33. The molecule has 0 bridgehead atoms. The molecule has 1 aromatic heterocycles. The molecule has 0 atom stereocenters. The third-order valence-electron chi connectivity index (χ3n) is 2.89. The van der Waals surface area contributed by atoms with E-state index in [1.54, 1.807) is 18.4 Å². The van der Waals surface area contributed by atoms with E-state index in [9.17, 15) is 0 Å². The lowest BCUT2D eigenvalue weighted by Crippen LogP contribution is -1.89. The third-order valence-corrected chi connectivity index (χ3v) is 3.85. The predicted octanol–water partition coefficient (Wildman–Crippen LogP) is 4.56. The maximum atomic E-state index is 5.21. The lowest BCUT2D eigenvalue weighted by molar-refractivity contribution is 0.415. The number of nitrogens with zero attached hydrogens (tertiary/aromatic N) is 1. The highest BCUT2D eigenvalue weighted by molar-refractivity contribution is 7.18. The molecule has 0 spiro atoms. The zero-order chi connectivity index (χ0) is 13.8. The molecule has 3 nitrogen and oxygen atoms in total. The Balaban J connectivity index is 1.80. The van der Waals surface area contributed by atoms with Gasteiger partial charge in [-0.15, -0.1) is 0 Å². The molecule has 0 aliphatic rings. The second-order valence-electron chi connectivity index (χ2n) is 4.25. The number of aromatic nitrogens is 1. The minimum absolute atomic E-state index is 0.829. The molecule has 0 aliphatic heterocycles. The van der Waals surface area contributed by atoms with Gasteiger partial charge in [0.1, 0.15) is 5.75 Å². The molecule has 3 rings (SSSR count). The van der Waals surface area contributed by atoms with Gasteiger partial charge in [-0.3, -0.25) is 0 Å². The number of ether oxygens (including phenoxy) is 1. The second kappa shape index (κ2) is 5.75. The van der Waals surface area contributed by atoms with E-state index < -0.39 is 0 Å². The fourth-order valence-electron chi connectivity index (χ4n) is 1.89. The van der Waals surface area contributed by atoms with Gasteiger partial charge in [-0.05, 0) is 17.7 Å². The van der Waals surface area contributed by atoms with Gasteiger partial charge in [0.05, 0.1) is 12.0 Å². The molecule has 20 heavy (non-hydrogen) atoms. The maximum absolute atomic E-state index is 5.21. The minimum Gasteiger partial charge on any atom is -0.497 e. The van der Waals surface area contributed by atoms with Crippen LogP contribution in [-0.4, -0.2) is 12.1 Å². The Morgan fingerprint density at radius 3 is 2.70 bits per heavy atom. The van der Waals surface area contributed by atoms with Crippen LogP contribution in [0.3, 0.4) is 0 Å². The van der Waals surface area contributed by atoms with Gasteiger partial charge < -0.3 is 10.1 Å². The molecule has 1 heterocycles. The normalized spacial score (nSPS) is 10.2. The second-order valence-corrected chi connectivity index (χ2v) is 5.28. The number of anilines is 2. The van der Waals surface area contributed by atoms with Crippen molar-refractivity contribution in [3.63, 3.8) is 0 Å². The Morgan fingerprint density at radius 2 is 1.90 bits per heavy atom. The van der Waals surface area contributed by atoms with E-state index in [1.165, 1.54) is 5.56 Å². The summed E-state index contributed by atoms with van der Waals surface area (Å²) < 4.78 is 5.21. The standard InChI is InChI=1S/C16H14N2OS/c1-19-14-9-5-8-13(10-14)18-16-17-11-15(20-16)12-6-3-2-4-7-12/h2-11H,1H3,(H,17,18). The van der Waals surface area contributed by atoms with Crippen LogP contribution in [-0.2, 0) is 0 Å². The topological polar surface area (TPSA) is 34.1 Å². The number of hydrogen-bond donors (Lipinski definition) is 1. The monoisotopic (exact) mass is 282 g/mol. The van der Waals surface area contributed by atoms with Gasteiger partial charge in [-0.25, -0.2) is 4.98 Å². The van der Waals surface area contributed by atoms with Gasteiger partial charge in [0.15, 0.2) is 5.13 Å². The first kappa shape index (κ1) is 12.7. The molecule has 0 aliphatic carbocycles. The largest absolute Gasteiger partial charge is 0.497 e. The molecular weight excluding hydrogens is 268 g/mol. The zero-order valence-corrected chi connectivity index (χ0v) is 11.9. The van der Waals surface area contributed by atoms with E-state index in [1.807, 2.05) is 48.7 Å². The molecular formula is C16H14N2OS. The predicted molar refractivity (Wildman–Crippen MR) is 83.8 cm³/mol. The average Bonchev–Trinajstić information content (AvgIpc) is 2.97. The van der Waals surface area contributed by atoms with Crippen molar-refractivity contribution in [1.82, 2.24) is 4.98 Å². The van der Waals surface area contributed by atoms with Crippen LogP contribution in [0.1, 0.15) is 0 Å². The van der Waals surface area contributed by atoms with E-state index in [4.69, 9.17) is 4.74 Å². The zero-order valence-electron chi connectivity index (χ0n) is 11.0. The number of hydrogen-bond acceptors (Lipinski definition) is 4. The highest BCUT2D eigenvalue weighted by Crippen LogP contribution is 2.31. The van der Waals surface area contributed by atoms with E-state index in [0.717, 1.165) is 21.4 Å². The first-order valence-electron chi connectivity index (χ1n) is 6.27. The van der Waals surface area contributed by atoms with Crippen molar-refractivity contribution in [3.8, 4) is 16.2 Å². The van der Waals surface area contributed by atoms with Gasteiger partial charge in [0.2, 0.25) is 0 Å². The highest BCUT2D eigenvalue weighted by atomic mass is 32.1. The van der Waals surface area contributed by atoms with Crippen LogP contribution in [0.2, 0.25) is 0 Å². The maximum Gasteiger partial charge on any atom is 0.187 e. The molecule has 0 radical (unpaired) electrons. The summed E-state index contributed by atoms with van der Waals surface area (Å²) in [5.41, 5.74) is 2.15. The van der Waals surface area contributed by atoms with E-state index >= 15 is 0 Å². The quantitative estimate of drug-likeness (QED) is 0.761. The third kappa shape index (κ3) is 2.81. The number of rotatable bonds is 4. The number of methoxy groups -OCH3 is 1. The average molecular weight is 282 g/mol. The summed E-state index contributed by atoms with van der Waals surface area (Å²) in [4.78, 5) is 5.56. The van der Waals surface area contributed by atoms with Crippen LogP contribution in [0.4, 0.5) is 10.8 Å². The van der Waals surface area contributed by atoms with Crippen LogP contribution >= 0.6 is 11.3 Å². The summed E-state index contributed by atoms with van der Waals surface area (Å²) in [6, 6.07) is 18.1. The number of thiazole rings is 1. The highest BCUT2D eigenvalue weighted by Gasteiger charge is 2.04. The van der Waals surface area contributed by atoms with Crippen LogP contribution in [0, 0.1) is 0 Å². The van der Waals surface area contributed by atoms with Crippen molar-refractivity contribution in [2.75, 3.05) is 12.4 Å². The summed E-state index contributed by atoms with van der Waals surface area (Å²) in [6.45, 7) is 0. The molecule has 1 N–H and O–H groups in total. The smallest absolute Gasteiger partial charge is 0.187 e. The van der Waals surface area contributed by atoms with Crippen molar-refractivity contribution >= 4 is 22.2 Å². The Morgan fingerprint density at radius 1 is 1.05 bits per heavy atom. The molecule has 0 saturated carbocycles. The van der Waals surface area contributed by atoms with Crippen molar-refractivity contribution in [1.29, 1.82) is 0 Å². The molecule has 0 fully saturated rings. The molecule has 4 heteroatoms. The number of nitrogens with one attached hydrogen (secondary N) is 1. The summed E-state index contributed by atoms with van der Waals surface area (Å²) in [6.07, 6.45) is 1.89. The van der Waals surface area contributed by atoms with Crippen molar-refractivity contribution < 1.29 is 4.74 Å². The van der Waals surface area contributed by atoms with E-state index in [2.05, 4.69) is 22.4 Å². The van der Waals surface area contributed by atoms with Crippen molar-refractivity contribution in [2.45, 2.75) is 0 Å². The SMILES string of the molecule is COc1cccc(Nc2ncc(-c3ccccc3)s2)c1. The fourth-order valence-corrected chi connectivity index (χ4v) is 2.73. The number of benzene rings is 2. The summed E-state index contributed by atoms with van der Waals surface area (Å²) in [5.74, 6) is 0.829. The first-order valence-corrected chi connectivity index (χ1v) is 7.09. The molecule has 0 saturated heterocycles. The summed E-state index contributed by atoms with van der Waals surface area (Å²) >= 11 is 1.63. The lowest BCUT2D eigenvalue weighted by Gasteiger charge is -2.04. The van der Waals surface area contributed by atoms with Gasteiger partial charge in [-0.2, -0.15) is 0 Å². The molecule has 2 aromatic carbocycles. The van der Waals surface area contributed by atoms with Crippen LogP contribution in [0.25, 0.3) is 10.4 Å². The van der Waals surface area contributed by atoms with Gasteiger partial charge in [0, 0.05) is 18.0 Å². The summed E-state index contributed by atoms with van der Waals surface area (Å²) in [7, 11) is 1.66.